The highest BCUT2D eigenvalue weighted by Crippen LogP contribution is 2.31. The molecule has 8 nitrogen and oxygen atoms in total. The van der Waals surface area contributed by atoms with Crippen LogP contribution < -0.4 is 20.7 Å². The van der Waals surface area contributed by atoms with Gasteiger partial charge in [0.2, 0.25) is 0 Å². The molecule has 1 heterocycles. The molecular formula is C36H38FN3O5. The van der Waals surface area contributed by atoms with E-state index in [0.717, 1.165) is 21.6 Å². The number of aryl methyl sites for hydroxylation is 1. The molecule has 0 aromatic heterocycles. The first-order valence-corrected chi connectivity index (χ1v) is 15.0. The summed E-state index contributed by atoms with van der Waals surface area (Å²) in [6, 6.07) is 31.3. The summed E-state index contributed by atoms with van der Waals surface area (Å²) in [5.41, 5.74) is 9.65. The number of ether oxygens (including phenoxy) is 3. The van der Waals surface area contributed by atoms with Gasteiger partial charge in [0, 0.05) is 25.1 Å². The summed E-state index contributed by atoms with van der Waals surface area (Å²) < 4.78 is 30.6. The molecule has 3 atom stereocenters. The average molecular weight is 612 g/mol. The Bertz CT molecular complexity index is 1520. The monoisotopic (exact) mass is 611 g/mol. The van der Waals surface area contributed by atoms with Crippen molar-refractivity contribution in [2.45, 2.75) is 37.0 Å². The summed E-state index contributed by atoms with van der Waals surface area (Å²) in [4.78, 5) is 28.4. The molecule has 0 saturated carbocycles. The number of imide groups is 1. The van der Waals surface area contributed by atoms with Crippen LogP contribution in [0.4, 0.5) is 14.9 Å². The lowest BCUT2D eigenvalue weighted by atomic mass is 9.84. The number of hydrogen-bond donors (Lipinski definition) is 2. The molecule has 1 aliphatic heterocycles. The third kappa shape index (κ3) is 8.13. The topological polar surface area (TPSA) is 103 Å². The maximum absolute atomic E-state index is 14.2. The summed E-state index contributed by atoms with van der Waals surface area (Å²) in [6.07, 6.45) is -0.0318. The van der Waals surface area contributed by atoms with Crippen molar-refractivity contribution in [1.82, 2.24) is 5.32 Å². The maximum Gasteiger partial charge on any atom is 0.420 e. The summed E-state index contributed by atoms with van der Waals surface area (Å²) in [5.74, 6) is -0.977. The molecule has 4 aromatic carbocycles. The molecule has 45 heavy (non-hydrogen) atoms. The number of carbonyl (C=O) groups is 2. The highest BCUT2D eigenvalue weighted by molar-refractivity contribution is 6.15. The average Bonchev–Trinajstić information content (AvgIpc) is 3.08. The molecular weight excluding hydrogens is 573 g/mol. The molecule has 0 unspecified atom stereocenters. The van der Waals surface area contributed by atoms with E-state index >= 15 is 0 Å². The molecule has 234 valence electrons. The van der Waals surface area contributed by atoms with Crippen LogP contribution in [0, 0.1) is 5.82 Å². The summed E-state index contributed by atoms with van der Waals surface area (Å²) in [7, 11) is 1.25. The van der Waals surface area contributed by atoms with E-state index in [1.807, 2.05) is 72.8 Å². The SMILES string of the molecule is COC(=O)N(C(=O)[C@@H](N)C(c1ccccc1)c1ccccc1)c1ccccc1CC[C@@H]1CNC[C@@H](COc2cccc(F)c2)O1. The number of benzene rings is 4. The second kappa shape index (κ2) is 15.4. The Balaban J connectivity index is 1.32. The van der Waals surface area contributed by atoms with Crippen LogP contribution >= 0.6 is 0 Å². The Hall–Kier alpha value is -4.57. The minimum atomic E-state index is -1.08. The lowest BCUT2D eigenvalue weighted by Crippen LogP contribution is -2.50. The number of halogens is 1. The van der Waals surface area contributed by atoms with Crippen LogP contribution in [0.5, 0.6) is 5.75 Å². The Morgan fingerprint density at radius 3 is 2.22 bits per heavy atom. The first kappa shape index (κ1) is 31.8. The summed E-state index contributed by atoms with van der Waals surface area (Å²) in [5, 5.41) is 3.38. The summed E-state index contributed by atoms with van der Waals surface area (Å²) in [6.45, 7) is 1.52. The number of amides is 2. The number of nitrogens with two attached hydrogens (primary N) is 1. The smallest absolute Gasteiger partial charge is 0.420 e. The lowest BCUT2D eigenvalue weighted by Gasteiger charge is -2.32. The fraction of sp³-hybridized carbons (Fsp3) is 0.278. The van der Waals surface area contributed by atoms with Crippen molar-refractivity contribution in [3.63, 3.8) is 0 Å². The van der Waals surface area contributed by atoms with Crippen LogP contribution in [-0.2, 0) is 20.7 Å². The molecule has 4 aromatic rings. The zero-order valence-electron chi connectivity index (χ0n) is 25.2. The van der Waals surface area contributed by atoms with Gasteiger partial charge in [-0.1, -0.05) is 84.9 Å². The van der Waals surface area contributed by atoms with Crippen molar-refractivity contribution in [2.24, 2.45) is 5.73 Å². The number of nitrogens with one attached hydrogen (secondary N) is 1. The molecule has 2 amide bonds. The van der Waals surface area contributed by atoms with Crippen LogP contribution in [0.15, 0.2) is 109 Å². The van der Waals surface area contributed by atoms with E-state index in [0.29, 0.717) is 37.4 Å². The quantitative estimate of drug-likeness (QED) is 0.232. The van der Waals surface area contributed by atoms with E-state index < -0.39 is 24.0 Å². The second-order valence-electron chi connectivity index (χ2n) is 10.9. The predicted molar refractivity (Wildman–Crippen MR) is 171 cm³/mol. The first-order chi connectivity index (χ1) is 21.9. The van der Waals surface area contributed by atoms with Crippen molar-refractivity contribution in [2.75, 3.05) is 31.7 Å². The Morgan fingerprint density at radius 2 is 1.56 bits per heavy atom. The number of rotatable bonds is 11. The number of morpholine rings is 1. The molecule has 0 aliphatic carbocycles. The maximum atomic E-state index is 14.2. The van der Waals surface area contributed by atoms with Crippen LogP contribution in [-0.4, -0.2) is 57.1 Å². The minimum absolute atomic E-state index is 0.141. The van der Waals surface area contributed by atoms with Gasteiger partial charge in [-0.15, -0.1) is 0 Å². The predicted octanol–water partition coefficient (Wildman–Crippen LogP) is 5.45. The largest absolute Gasteiger partial charge is 0.491 e. The minimum Gasteiger partial charge on any atom is -0.491 e. The zero-order valence-corrected chi connectivity index (χ0v) is 25.2. The number of methoxy groups -OCH3 is 1. The molecule has 0 radical (unpaired) electrons. The standard InChI is InChI=1S/C36H38FN3O5/c1-43-36(42)40(35(41)34(38)33(26-12-4-2-5-13-26)27-14-6-3-7-15-27)32-18-9-8-11-25(32)19-20-30-22-39-23-31(45-30)24-44-29-17-10-16-28(37)21-29/h2-18,21,30-31,33-34,39H,19-20,22-24,38H2,1H3/t30-,31+,34+/m1/s1. The van der Waals surface area contributed by atoms with Gasteiger partial charge in [-0.05, 0) is 47.7 Å². The normalized spacial score (nSPS) is 17.0. The van der Waals surface area contributed by atoms with Crippen molar-refractivity contribution in [3.05, 3.63) is 132 Å². The zero-order chi connectivity index (χ0) is 31.6. The lowest BCUT2D eigenvalue weighted by molar-refractivity contribution is -0.119. The van der Waals surface area contributed by atoms with Gasteiger partial charge in [0.1, 0.15) is 24.3 Å². The van der Waals surface area contributed by atoms with Gasteiger partial charge in [-0.3, -0.25) is 4.79 Å². The van der Waals surface area contributed by atoms with Crippen molar-refractivity contribution in [1.29, 1.82) is 0 Å². The van der Waals surface area contributed by atoms with Crippen LogP contribution in [0.1, 0.15) is 29.0 Å². The number of anilines is 1. The fourth-order valence-corrected chi connectivity index (χ4v) is 5.66. The number of para-hydroxylation sites is 1. The van der Waals surface area contributed by atoms with E-state index in [9.17, 15) is 14.0 Å². The van der Waals surface area contributed by atoms with Gasteiger partial charge >= 0.3 is 6.09 Å². The van der Waals surface area contributed by atoms with Gasteiger partial charge in [-0.25, -0.2) is 14.1 Å². The van der Waals surface area contributed by atoms with Crippen molar-refractivity contribution in [3.8, 4) is 5.75 Å². The Kier molecular flexibility index (Phi) is 10.9. The Labute approximate surface area is 262 Å². The van der Waals surface area contributed by atoms with E-state index in [1.54, 1.807) is 24.3 Å². The fourth-order valence-electron chi connectivity index (χ4n) is 5.66. The van der Waals surface area contributed by atoms with Crippen LogP contribution in [0.2, 0.25) is 0 Å². The molecule has 0 spiro atoms. The third-order valence-electron chi connectivity index (χ3n) is 7.87. The van der Waals surface area contributed by atoms with E-state index in [-0.39, 0.29) is 24.6 Å². The van der Waals surface area contributed by atoms with Gasteiger partial charge in [-0.2, -0.15) is 0 Å². The molecule has 9 heteroatoms. The molecule has 3 N–H and O–H groups in total. The molecule has 5 rings (SSSR count). The van der Waals surface area contributed by atoms with Gasteiger partial charge in [0.15, 0.2) is 0 Å². The van der Waals surface area contributed by atoms with Crippen molar-refractivity contribution < 1.29 is 28.2 Å². The highest BCUT2D eigenvalue weighted by atomic mass is 19.1. The van der Waals surface area contributed by atoms with E-state index in [2.05, 4.69) is 5.32 Å². The third-order valence-corrected chi connectivity index (χ3v) is 7.87. The number of carbonyl (C=O) groups excluding carboxylic acids is 2. The number of nitrogens with zero attached hydrogens (tertiary/aromatic N) is 1. The van der Waals surface area contributed by atoms with Crippen LogP contribution in [0.25, 0.3) is 0 Å². The van der Waals surface area contributed by atoms with Gasteiger partial charge in [0.05, 0.1) is 24.9 Å². The molecule has 1 aliphatic rings. The molecule has 1 saturated heterocycles. The molecule has 1 fully saturated rings. The first-order valence-electron chi connectivity index (χ1n) is 15.0. The van der Waals surface area contributed by atoms with Gasteiger partial charge in [0.25, 0.3) is 5.91 Å². The summed E-state index contributed by atoms with van der Waals surface area (Å²) >= 11 is 0. The van der Waals surface area contributed by atoms with Crippen LogP contribution in [0.3, 0.4) is 0 Å². The molecule has 0 bridgehead atoms. The second-order valence-corrected chi connectivity index (χ2v) is 10.9. The van der Waals surface area contributed by atoms with E-state index in [1.165, 1.54) is 19.2 Å². The van der Waals surface area contributed by atoms with Crippen molar-refractivity contribution >= 4 is 17.7 Å². The van der Waals surface area contributed by atoms with E-state index in [4.69, 9.17) is 19.9 Å². The van der Waals surface area contributed by atoms with Gasteiger partial charge < -0.3 is 25.3 Å². The number of hydrogen-bond acceptors (Lipinski definition) is 7. The highest BCUT2D eigenvalue weighted by Gasteiger charge is 2.36. The Morgan fingerprint density at radius 1 is 0.911 bits per heavy atom.